The highest BCUT2D eigenvalue weighted by Gasteiger charge is 2.44. The first-order chi connectivity index (χ1) is 14.5. The van der Waals surface area contributed by atoms with Gasteiger partial charge in [-0.1, -0.05) is 24.3 Å². The molecular weight excluding hydrogens is 396 g/mol. The quantitative estimate of drug-likeness (QED) is 0.705. The molecule has 2 amide bonds. The maximum absolute atomic E-state index is 12.9. The average Bonchev–Trinajstić information content (AvgIpc) is 3.30. The van der Waals surface area contributed by atoms with E-state index in [1.807, 2.05) is 59.4 Å². The van der Waals surface area contributed by atoms with Crippen molar-refractivity contribution in [1.29, 1.82) is 0 Å². The predicted octanol–water partition coefficient (Wildman–Crippen LogP) is 4.55. The van der Waals surface area contributed by atoms with Crippen molar-refractivity contribution in [2.75, 3.05) is 26.2 Å². The normalized spacial score (nSPS) is 19.8. The van der Waals surface area contributed by atoms with E-state index in [2.05, 4.69) is 6.07 Å². The Morgan fingerprint density at radius 2 is 1.87 bits per heavy atom. The zero-order valence-corrected chi connectivity index (χ0v) is 18.6. The maximum Gasteiger partial charge on any atom is 0.263 e. The number of hydrogen-bond donors (Lipinski definition) is 0. The molecule has 6 heteroatoms. The van der Waals surface area contributed by atoms with Crippen LogP contribution in [0.25, 0.3) is 0 Å². The van der Waals surface area contributed by atoms with E-state index in [0.29, 0.717) is 19.5 Å². The molecule has 1 fully saturated rings. The van der Waals surface area contributed by atoms with Crippen molar-refractivity contribution >= 4 is 23.2 Å². The topological polar surface area (TPSA) is 49.9 Å². The second kappa shape index (κ2) is 8.80. The number of piperidine rings is 1. The van der Waals surface area contributed by atoms with Gasteiger partial charge in [-0.2, -0.15) is 0 Å². The molecule has 0 aliphatic carbocycles. The molecule has 0 radical (unpaired) electrons. The molecule has 0 saturated carbocycles. The van der Waals surface area contributed by atoms with E-state index in [9.17, 15) is 9.59 Å². The lowest BCUT2D eigenvalue weighted by atomic mass is 9.76. The smallest absolute Gasteiger partial charge is 0.263 e. The molecule has 1 spiro atoms. The van der Waals surface area contributed by atoms with Gasteiger partial charge >= 0.3 is 0 Å². The van der Waals surface area contributed by atoms with Crippen molar-refractivity contribution in [3.63, 3.8) is 0 Å². The molecule has 4 rings (SSSR count). The van der Waals surface area contributed by atoms with Crippen LogP contribution in [0.3, 0.4) is 0 Å². The van der Waals surface area contributed by atoms with Gasteiger partial charge in [-0.3, -0.25) is 9.59 Å². The van der Waals surface area contributed by atoms with Gasteiger partial charge in [-0.15, -0.1) is 11.3 Å². The highest BCUT2D eigenvalue weighted by Crippen LogP contribution is 2.46. The van der Waals surface area contributed by atoms with E-state index < -0.39 is 0 Å². The van der Waals surface area contributed by atoms with Crippen LogP contribution >= 0.6 is 11.3 Å². The number of likely N-dealkylation sites (tertiary alicyclic amines) is 1. The maximum atomic E-state index is 12.9. The minimum absolute atomic E-state index is 0.115. The molecule has 3 heterocycles. The molecule has 1 aromatic heterocycles. The molecule has 1 atom stereocenters. The van der Waals surface area contributed by atoms with Crippen LogP contribution in [-0.4, -0.2) is 53.4 Å². The fraction of sp³-hybridized carbons (Fsp3) is 0.500. The summed E-state index contributed by atoms with van der Waals surface area (Å²) < 4.78 is 6.54. The third-order valence-corrected chi connectivity index (χ3v) is 7.39. The fourth-order valence-corrected chi connectivity index (χ4v) is 5.51. The van der Waals surface area contributed by atoms with E-state index in [0.717, 1.165) is 48.5 Å². The van der Waals surface area contributed by atoms with Crippen molar-refractivity contribution in [1.82, 2.24) is 9.80 Å². The Labute approximate surface area is 182 Å². The molecule has 30 heavy (non-hydrogen) atoms. The summed E-state index contributed by atoms with van der Waals surface area (Å²) in [6.45, 7) is 6.92. The minimum Gasteiger partial charge on any atom is -0.487 e. The molecule has 5 nitrogen and oxygen atoms in total. The Morgan fingerprint density at radius 3 is 2.53 bits per heavy atom. The Balaban J connectivity index is 1.50. The van der Waals surface area contributed by atoms with Crippen LogP contribution in [0.2, 0.25) is 0 Å². The number of carbonyl (C=O) groups excluding carboxylic acids is 2. The van der Waals surface area contributed by atoms with Crippen molar-refractivity contribution in [2.45, 2.75) is 51.0 Å². The van der Waals surface area contributed by atoms with Gasteiger partial charge in [0.2, 0.25) is 5.91 Å². The summed E-state index contributed by atoms with van der Waals surface area (Å²) in [6, 6.07) is 11.9. The zero-order chi connectivity index (χ0) is 21.1. The largest absolute Gasteiger partial charge is 0.487 e. The van der Waals surface area contributed by atoms with Crippen LogP contribution in [0.5, 0.6) is 5.75 Å². The number of fused-ring (bicyclic) bond motifs is 1. The molecule has 0 N–H and O–H groups in total. The third kappa shape index (κ3) is 4.10. The molecule has 0 bridgehead atoms. The molecule has 1 unspecified atom stereocenters. The average molecular weight is 427 g/mol. The van der Waals surface area contributed by atoms with E-state index in [1.54, 1.807) is 0 Å². The molecule has 2 aliphatic heterocycles. The van der Waals surface area contributed by atoms with Crippen LogP contribution in [0.4, 0.5) is 0 Å². The van der Waals surface area contributed by atoms with Crippen LogP contribution in [0, 0.1) is 0 Å². The van der Waals surface area contributed by atoms with Crippen LogP contribution in [0.1, 0.15) is 60.7 Å². The van der Waals surface area contributed by atoms with E-state index in [4.69, 9.17) is 4.74 Å². The number of ether oxygens (including phenoxy) is 1. The Bertz CT molecular complexity index is 884. The van der Waals surface area contributed by atoms with Crippen molar-refractivity contribution < 1.29 is 14.3 Å². The Kier molecular flexibility index (Phi) is 6.14. The predicted molar refractivity (Wildman–Crippen MR) is 119 cm³/mol. The summed E-state index contributed by atoms with van der Waals surface area (Å²) in [6.07, 6.45) is 2.95. The number of para-hydroxylation sites is 1. The fourth-order valence-electron chi connectivity index (χ4n) is 4.82. The van der Waals surface area contributed by atoms with E-state index >= 15 is 0 Å². The van der Waals surface area contributed by atoms with E-state index in [-0.39, 0.29) is 23.3 Å². The number of carbonyl (C=O) groups is 2. The Hall–Kier alpha value is -2.34. The Morgan fingerprint density at radius 1 is 1.13 bits per heavy atom. The first kappa shape index (κ1) is 20.9. The molecule has 2 aliphatic rings. The van der Waals surface area contributed by atoms with Crippen molar-refractivity contribution in [2.24, 2.45) is 0 Å². The SMILES string of the molecule is CCN(CC)C(=O)CC1CC2(CCN(C(=O)c3cccs3)CC2)Oc2ccccc21. The number of benzene rings is 1. The first-order valence-corrected chi connectivity index (χ1v) is 11.8. The van der Waals surface area contributed by atoms with Gasteiger partial charge in [-0.25, -0.2) is 0 Å². The third-order valence-electron chi connectivity index (χ3n) is 6.53. The molecule has 1 aromatic carbocycles. The molecule has 160 valence electrons. The highest BCUT2D eigenvalue weighted by molar-refractivity contribution is 7.12. The first-order valence-electron chi connectivity index (χ1n) is 10.9. The second-order valence-corrected chi connectivity index (χ2v) is 9.21. The van der Waals surface area contributed by atoms with E-state index in [1.165, 1.54) is 11.3 Å². The summed E-state index contributed by atoms with van der Waals surface area (Å²) in [5.74, 6) is 1.38. The van der Waals surface area contributed by atoms with Gasteiger partial charge in [0, 0.05) is 51.4 Å². The monoisotopic (exact) mass is 426 g/mol. The van der Waals surface area contributed by atoms with Crippen LogP contribution in [0.15, 0.2) is 41.8 Å². The second-order valence-electron chi connectivity index (χ2n) is 8.26. The van der Waals surface area contributed by atoms with Gasteiger partial charge in [0.25, 0.3) is 5.91 Å². The number of hydrogen-bond acceptors (Lipinski definition) is 4. The summed E-state index contributed by atoms with van der Waals surface area (Å²) in [7, 11) is 0. The van der Waals surface area contributed by atoms with Crippen LogP contribution in [-0.2, 0) is 4.79 Å². The minimum atomic E-state index is -0.297. The van der Waals surface area contributed by atoms with Crippen molar-refractivity contribution in [3.05, 3.63) is 52.2 Å². The summed E-state index contributed by atoms with van der Waals surface area (Å²) in [4.78, 5) is 30.2. The number of rotatable bonds is 5. The lowest BCUT2D eigenvalue weighted by molar-refractivity contribution is -0.131. The van der Waals surface area contributed by atoms with Gasteiger partial charge in [0.05, 0.1) is 4.88 Å². The lowest BCUT2D eigenvalue weighted by Crippen LogP contribution is -2.52. The number of amides is 2. The molecule has 1 saturated heterocycles. The number of nitrogens with zero attached hydrogens (tertiary/aromatic N) is 2. The van der Waals surface area contributed by atoms with Crippen LogP contribution < -0.4 is 4.74 Å². The zero-order valence-electron chi connectivity index (χ0n) is 17.8. The summed E-state index contributed by atoms with van der Waals surface area (Å²) in [5, 5.41) is 1.94. The van der Waals surface area contributed by atoms with Crippen molar-refractivity contribution in [3.8, 4) is 5.75 Å². The standard InChI is InChI=1S/C24H30N2O3S/c1-3-25(4-2)22(27)16-18-17-24(29-20-9-6-5-8-19(18)20)11-13-26(14-12-24)23(28)21-10-7-15-30-21/h5-10,15,18H,3-4,11-14,16-17H2,1-2H3. The number of thiophene rings is 1. The molecule has 2 aromatic rings. The van der Waals surface area contributed by atoms with Gasteiger partial charge in [0.1, 0.15) is 11.4 Å². The highest BCUT2D eigenvalue weighted by atomic mass is 32.1. The molecular formula is C24H30N2O3S. The summed E-state index contributed by atoms with van der Waals surface area (Å²) >= 11 is 1.49. The van der Waals surface area contributed by atoms with Gasteiger partial charge in [-0.05, 0) is 43.3 Å². The lowest BCUT2D eigenvalue weighted by Gasteiger charge is -2.47. The summed E-state index contributed by atoms with van der Waals surface area (Å²) in [5.41, 5.74) is 0.843. The van der Waals surface area contributed by atoms with Gasteiger partial charge < -0.3 is 14.5 Å². The van der Waals surface area contributed by atoms with Gasteiger partial charge in [0.15, 0.2) is 0 Å².